The van der Waals surface area contributed by atoms with Crippen LogP contribution >= 0.6 is 0 Å². The Kier molecular flexibility index (Phi) is 4.55. The van der Waals surface area contributed by atoms with E-state index in [-0.39, 0.29) is 18.5 Å². The highest BCUT2D eigenvalue weighted by Crippen LogP contribution is 2.10. The molecular weight excluding hydrogens is 196 g/mol. The first-order valence-corrected chi connectivity index (χ1v) is 5.31. The molecule has 1 aliphatic rings. The molecular formula is C10H18N2O3. The quantitative estimate of drug-likeness (QED) is 0.697. The maximum Gasteiger partial charge on any atom is 0.323 e. The van der Waals surface area contributed by atoms with Crippen LogP contribution in [0.25, 0.3) is 0 Å². The summed E-state index contributed by atoms with van der Waals surface area (Å²) in [5.41, 5.74) is 0. The Balaban J connectivity index is 2.46. The van der Waals surface area contributed by atoms with Gasteiger partial charge in [-0.1, -0.05) is 12.8 Å². The Morgan fingerprint density at radius 1 is 1.40 bits per heavy atom. The van der Waals surface area contributed by atoms with Crippen molar-refractivity contribution in [2.75, 3.05) is 20.1 Å². The molecule has 0 spiro atoms. The number of likely N-dealkylation sites (N-methyl/N-ethyl adjacent to an activating group) is 1. The van der Waals surface area contributed by atoms with Crippen molar-refractivity contribution in [2.45, 2.75) is 31.7 Å². The predicted octanol–water partition coefficient (Wildman–Crippen LogP) is 0.0616. The van der Waals surface area contributed by atoms with E-state index in [2.05, 4.69) is 5.32 Å². The van der Waals surface area contributed by atoms with Gasteiger partial charge in [0, 0.05) is 7.05 Å². The third-order valence-electron chi connectivity index (χ3n) is 2.61. The van der Waals surface area contributed by atoms with Gasteiger partial charge in [0.1, 0.15) is 6.54 Å². The number of hydrogen-bond acceptors (Lipinski definition) is 3. The third-order valence-corrected chi connectivity index (χ3v) is 2.61. The number of rotatable bonds is 3. The van der Waals surface area contributed by atoms with Crippen LogP contribution < -0.4 is 5.32 Å². The minimum atomic E-state index is -0.973. The van der Waals surface area contributed by atoms with Crippen LogP contribution in [-0.4, -0.2) is 48.1 Å². The number of carbonyl (C=O) groups excluding carboxylic acids is 1. The summed E-state index contributed by atoms with van der Waals surface area (Å²) in [6.07, 6.45) is 4.07. The number of carbonyl (C=O) groups is 2. The Bertz CT molecular complexity index is 235. The standard InChI is InChI=1S/C10H18N2O3/c1-12(7-9(13)14)10(15)8-5-3-2-4-6-11-8/h8,11H,2-7H2,1H3,(H,13,14). The van der Waals surface area contributed by atoms with Crippen LogP contribution in [0, 0.1) is 0 Å². The summed E-state index contributed by atoms with van der Waals surface area (Å²) in [6, 6.07) is -0.197. The van der Waals surface area contributed by atoms with E-state index in [1.165, 1.54) is 11.9 Å². The van der Waals surface area contributed by atoms with Gasteiger partial charge in [0.25, 0.3) is 0 Å². The average molecular weight is 214 g/mol. The van der Waals surface area contributed by atoms with Crippen molar-refractivity contribution >= 4 is 11.9 Å². The van der Waals surface area contributed by atoms with Gasteiger partial charge in [-0.2, -0.15) is 0 Å². The monoisotopic (exact) mass is 214 g/mol. The van der Waals surface area contributed by atoms with E-state index in [4.69, 9.17) is 5.11 Å². The molecule has 86 valence electrons. The van der Waals surface area contributed by atoms with Crippen molar-refractivity contribution in [3.63, 3.8) is 0 Å². The lowest BCUT2D eigenvalue weighted by molar-refractivity contribution is -0.144. The Morgan fingerprint density at radius 3 is 2.80 bits per heavy atom. The smallest absolute Gasteiger partial charge is 0.323 e. The fraction of sp³-hybridized carbons (Fsp3) is 0.800. The molecule has 1 rings (SSSR count). The number of carboxylic acids is 1. The number of carboxylic acid groups (broad SMARTS) is 1. The first-order valence-electron chi connectivity index (χ1n) is 5.31. The van der Waals surface area contributed by atoms with Gasteiger partial charge in [-0.3, -0.25) is 9.59 Å². The van der Waals surface area contributed by atoms with Crippen molar-refractivity contribution in [3.05, 3.63) is 0 Å². The van der Waals surface area contributed by atoms with Gasteiger partial charge in [0.2, 0.25) is 5.91 Å². The molecule has 0 aromatic carbocycles. The Hall–Kier alpha value is -1.10. The second-order valence-electron chi connectivity index (χ2n) is 3.94. The van der Waals surface area contributed by atoms with Gasteiger partial charge in [-0.25, -0.2) is 0 Å². The van der Waals surface area contributed by atoms with Crippen LogP contribution in [0.3, 0.4) is 0 Å². The molecule has 5 nitrogen and oxygen atoms in total. The number of aliphatic carboxylic acids is 1. The van der Waals surface area contributed by atoms with Gasteiger partial charge in [-0.15, -0.1) is 0 Å². The summed E-state index contributed by atoms with van der Waals surface area (Å²) >= 11 is 0. The second-order valence-corrected chi connectivity index (χ2v) is 3.94. The molecule has 1 atom stereocenters. The molecule has 1 saturated heterocycles. The molecule has 1 amide bonds. The second kappa shape index (κ2) is 5.70. The molecule has 0 radical (unpaired) electrons. The van der Waals surface area contributed by atoms with Gasteiger partial charge in [0.05, 0.1) is 6.04 Å². The maximum atomic E-state index is 11.8. The van der Waals surface area contributed by atoms with Crippen LogP contribution in [0.15, 0.2) is 0 Å². The van der Waals surface area contributed by atoms with E-state index < -0.39 is 5.97 Å². The summed E-state index contributed by atoms with van der Waals surface area (Å²) in [5, 5.41) is 11.7. The lowest BCUT2D eigenvalue weighted by Gasteiger charge is -2.21. The summed E-state index contributed by atoms with van der Waals surface area (Å²) in [5.74, 6) is -1.08. The van der Waals surface area contributed by atoms with E-state index >= 15 is 0 Å². The van der Waals surface area contributed by atoms with Gasteiger partial charge in [0.15, 0.2) is 0 Å². The molecule has 0 bridgehead atoms. The van der Waals surface area contributed by atoms with Crippen LogP contribution in [0.1, 0.15) is 25.7 Å². The van der Waals surface area contributed by atoms with Gasteiger partial charge >= 0.3 is 5.97 Å². The maximum absolute atomic E-state index is 11.8. The van der Waals surface area contributed by atoms with E-state index in [0.29, 0.717) is 0 Å². The molecule has 0 saturated carbocycles. The molecule has 1 unspecified atom stereocenters. The molecule has 5 heteroatoms. The SMILES string of the molecule is CN(CC(=O)O)C(=O)C1CCCCCN1. The summed E-state index contributed by atoms with van der Waals surface area (Å²) in [7, 11) is 1.53. The van der Waals surface area contributed by atoms with Crippen molar-refractivity contribution < 1.29 is 14.7 Å². The van der Waals surface area contributed by atoms with Crippen molar-refractivity contribution in [1.82, 2.24) is 10.2 Å². The van der Waals surface area contributed by atoms with Crippen molar-refractivity contribution in [2.24, 2.45) is 0 Å². The zero-order valence-electron chi connectivity index (χ0n) is 9.03. The van der Waals surface area contributed by atoms with Crippen LogP contribution in [-0.2, 0) is 9.59 Å². The molecule has 2 N–H and O–H groups in total. The molecule has 1 fully saturated rings. The van der Waals surface area contributed by atoms with E-state index in [9.17, 15) is 9.59 Å². The molecule has 0 aromatic rings. The number of nitrogens with one attached hydrogen (secondary N) is 1. The van der Waals surface area contributed by atoms with Crippen molar-refractivity contribution in [1.29, 1.82) is 0 Å². The Labute approximate surface area is 89.4 Å². The fourth-order valence-corrected chi connectivity index (χ4v) is 1.79. The number of amides is 1. The summed E-state index contributed by atoms with van der Waals surface area (Å²) in [4.78, 5) is 23.5. The normalized spacial score (nSPS) is 21.8. The molecule has 15 heavy (non-hydrogen) atoms. The highest BCUT2D eigenvalue weighted by atomic mass is 16.4. The first kappa shape index (κ1) is 12.0. The predicted molar refractivity (Wildman–Crippen MR) is 55.5 cm³/mol. The minimum Gasteiger partial charge on any atom is -0.480 e. The number of hydrogen-bond donors (Lipinski definition) is 2. The topological polar surface area (TPSA) is 69.6 Å². The van der Waals surface area contributed by atoms with Crippen LogP contribution in [0.4, 0.5) is 0 Å². The lowest BCUT2D eigenvalue weighted by atomic mass is 10.1. The molecule has 0 aromatic heterocycles. The highest BCUT2D eigenvalue weighted by Gasteiger charge is 2.23. The first-order chi connectivity index (χ1) is 7.11. The third kappa shape index (κ3) is 3.87. The van der Waals surface area contributed by atoms with Crippen LogP contribution in [0.2, 0.25) is 0 Å². The van der Waals surface area contributed by atoms with Crippen LogP contribution in [0.5, 0.6) is 0 Å². The lowest BCUT2D eigenvalue weighted by Crippen LogP contribution is -2.46. The zero-order chi connectivity index (χ0) is 11.3. The zero-order valence-corrected chi connectivity index (χ0v) is 9.03. The largest absolute Gasteiger partial charge is 0.480 e. The average Bonchev–Trinajstić information content (AvgIpc) is 2.43. The summed E-state index contributed by atoms with van der Waals surface area (Å²) in [6.45, 7) is 0.619. The van der Waals surface area contributed by atoms with E-state index in [1.54, 1.807) is 0 Å². The molecule has 1 heterocycles. The fourth-order valence-electron chi connectivity index (χ4n) is 1.79. The van der Waals surface area contributed by atoms with E-state index in [1.807, 2.05) is 0 Å². The Morgan fingerprint density at radius 2 is 2.13 bits per heavy atom. The molecule has 0 aliphatic carbocycles. The van der Waals surface area contributed by atoms with Gasteiger partial charge < -0.3 is 15.3 Å². The minimum absolute atomic E-state index is 0.112. The highest BCUT2D eigenvalue weighted by molar-refractivity contribution is 5.85. The van der Waals surface area contributed by atoms with Gasteiger partial charge in [-0.05, 0) is 19.4 Å². The number of nitrogens with zero attached hydrogens (tertiary/aromatic N) is 1. The summed E-state index contributed by atoms with van der Waals surface area (Å²) < 4.78 is 0. The van der Waals surface area contributed by atoms with E-state index in [0.717, 1.165) is 32.2 Å². The molecule has 1 aliphatic heterocycles. The van der Waals surface area contributed by atoms with Crippen molar-refractivity contribution in [3.8, 4) is 0 Å².